The van der Waals surface area contributed by atoms with Crippen molar-refractivity contribution in [3.8, 4) is 0 Å². The van der Waals surface area contributed by atoms with E-state index < -0.39 is 0 Å². The van der Waals surface area contributed by atoms with Crippen molar-refractivity contribution in [2.75, 3.05) is 11.9 Å². The molecular formula is C15H19N. The molecule has 0 spiro atoms. The van der Waals surface area contributed by atoms with Gasteiger partial charge in [0.05, 0.1) is 0 Å². The summed E-state index contributed by atoms with van der Waals surface area (Å²) in [6, 6.07) is 20.7. The highest BCUT2D eigenvalue weighted by Crippen LogP contribution is 2.21. The molecule has 0 atom stereocenters. The molecule has 0 N–H and O–H groups in total. The van der Waals surface area contributed by atoms with Gasteiger partial charge in [0.2, 0.25) is 0 Å². The molecule has 0 saturated carbocycles. The lowest BCUT2D eigenvalue weighted by Gasteiger charge is -2.18. The number of nitrogens with zero attached hydrogens (tertiary/aromatic N) is 1. The normalized spacial score (nSPS) is 8.94. The first-order valence-electron chi connectivity index (χ1n) is 5.72. The molecule has 0 bridgehead atoms. The van der Waals surface area contributed by atoms with Gasteiger partial charge in [-0.3, -0.25) is 0 Å². The second kappa shape index (κ2) is 6.67. The molecule has 0 radical (unpaired) electrons. The van der Waals surface area contributed by atoms with Crippen molar-refractivity contribution < 1.29 is 0 Å². The maximum Gasteiger partial charge on any atom is 0.0408 e. The Balaban J connectivity index is 0.000000606. The van der Waals surface area contributed by atoms with Crippen molar-refractivity contribution >= 4 is 11.4 Å². The number of anilines is 2. The van der Waals surface area contributed by atoms with Gasteiger partial charge in [-0.1, -0.05) is 50.2 Å². The average molecular weight is 213 g/mol. The lowest BCUT2D eigenvalue weighted by Crippen LogP contribution is -2.08. The fourth-order valence-corrected chi connectivity index (χ4v) is 1.45. The Bertz CT molecular complexity index is 341. The first-order valence-corrected chi connectivity index (χ1v) is 5.72. The van der Waals surface area contributed by atoms with Crippen molar-refractivity contribution in [3.05, 3.63) is 60.7 Å². The van der Waals surface area contributed by atoms with Gasteiger partial charge in [-0.25, -0.2) is 0 Å². The molecule has 84 valence electrons. The van der Waals surface area contributed by atoms with Crippen LogP contribution in [0.2, 0.25) is 0 Å². The topological polar surface area (TPSA) is 3.24 Å². The van der Waals surface area contributed by atoms with Gasteiger partial charge >= 0.3 is 0 Å². The number of para-hydroxylation sites is 2. The molecule has 2 rings (SSSR count). The van der Waals surface area contributed by atoms with Gasteiger partial charge in [0.25, 0.3) is 0 Å². The fraction of sp³-hybridized carbons (Fsp3) is 0.200. The molecule has 0 amide bonds. The predicted octanol–water partition coefficient (Wildman–Crippen LogP) is 4.48. The lowest BCUT2D eigenvalue weighted by atomic mass is 10.2. The summed E-state index contributed by atoms with van der Waals surface area (Å²) in [5.74, 6) is 0. The van der Waals surface area contributed by atoms with Crippen LogP contribution in [0.1, 0.15) is 13.8 Å². The van der Waals surface area contributed by atoms with Crippen molar-refractivity contribution in [2.45, 2.75) is 13.8 Å². The van der Waals surface area contributed by atoms with Crippen molar-refractivity contribution in [1.29, 1.82) is 0 Å². The Hall–Kier alpha value is -1.76. The summed E-state index contributed by atoms with van der Waals surface area (Å²) in [6.45, 7) is 4.00. The van der Waals surface area contributed by atoms with Crippen LogP contribution in [0, 0.1) is 0 Å². The van der Waals surface area contributed by atoms with Crippen LogP contribution < -0.4 is 4.90 Å². The molecule has 1 nitrogen and oxygen atoms in total. The maximum absolute atomic E-state index is 2.17. The third-order valence-electron chi connectivity index (χ3n) is 2.29. The van der Waals surface area contributed by atoms with Crippen molar-refractivity contribution in [3.63, 3.8) is 0 Å². The van der Waals surface area contributed by atoms with Crippen molar-refractivity contribution in [1.82, 2.24) is 0 Å². The zero-order chi connectivity index (χ0) is 11.8. The Labute approximate surface area is 98.3 Å². The fourth-order valence-electron chi connectivity index (χ4n) is 1.45. The highest BCUT2D eigenvalue weighted by Gasteiger charge is 2.00. The largest absolute Gasteiger partial charge is 0.345 e. The molecule has 0 aliphatic carbocycles. The van der Waals surface area contributed by atoms with Crippen LogP contribution in [0.5, 0.6) is 0 Å². The lowest BCUT2D eigenvalue weighted by molar-refractivity contribution is 1.21. The van der Waals surface area contributed by atoms with E-state index in [0.29, 0.717) is 0 Å². The van der Waals surface area contributed by atoms with Gasteiger partial charge in [0, 0.05) is 18.4 Å². The van der Waals surface area contributed by atoms with E-state index in [9.17, 15) is 0 Å². The van der Waals surface area contributed by atoms with Crippen molar-refractivity contribution in [2.24, 2.45) is 0 Å². The highest BCUT2D eigenvalue weighted by molar-refractivity contribution is 5.61. The van der Waals surface area contributed by atoms with Gasteiger partial charge in [-0.05, 0) is 24.3 Å². The molecule has 2 aromatic rings. The third-order valence-corrected chi connectivity index (χ3v) is 2.29. The van der Waals surface area contributed by atoms with E-state index in [0.717, 1.165) is 0 Å². The third kappa shape index (κ3) is 3.13. The summed E-state index contributed by atoms with van der Waals surface area (Å²) in [4.78, 5) is 2.17. The van der Waals surface area contributed by atoms with Crippen LogP contribution in [-0.2, 0) is 0 Å². The molecule has 0 aliphatic rings. The zero-order valence-electron chi connectivity index (χ0n) is 10.2. The van der Waals surface area contributed by atoms with E-state index in [2.05, 4.69) is 60.5 Å². The molecule has 16 heavy (non-hydrogen) atoms. The molecule has 2 aromatic carbocycles. The predicted molar refractivity (Wildman–Crippen MR) is 72.3 cm³/mol. The van der Waals surface area contributed by atoms with E-state index in [4.69, 9.17) is 0 Å². The van der Waals surface area contributed by atoms with Gasteiger partial charge in [0.1, 0.15) is 0 Å². The SMILES string of the molecule is CC.CN(c1ccccc1)c1ccccc1. The average Bonchev–Trinajstić information content (AvgIpc) is 2.42. The van der Waals surface area contributed by atoms with E-state index >= 15 is 0 Å². The molecule has 0 aliphatic heterocycles. The van der Waals surface area contributed by atoms with Crippen LogP contribution >= 0.6 is 0 Å². The quantitative estimate of drug-likeness (QED) is 0.711. The number of rotatable bonds is 2. The molecule has 0 aromatic heterocycles. The van der Waals surface area contributed by atoms with E-state index in [-0.39, 0.29) is 0 Å². The Morgan fingerprint density at radius 2 is 0.938 bits per heavy atom. The van der Waals surface area contributed by atoms with Gasteiger partial charge in [-0.2, -0.15) is 0 Å². The first-order chi connectivity index (χ1) is 7.88. The minimum Gasteiger partial charge on any atom is -0.345 e. The summed E-state index contributed by atoms with van der Waals surface area (Å²) in [7, 11) is 2.07. The smallest absolute Gasteiger partial charge is 0.0408 e. The molecule has 0 heterocycles. The Morgan fingerprint density at radius 3 is 1.25 bits per heavy atom. The second-order valence-electron chi connectivity index (χ2n) is 3.23. The molecule has 1 heteroatoms. The summed E-state index contributed by atoms with van der Waals surface area (Å²) < 4.78 is 0. The highest BCUT2D eigenvalue weighted by atomic mass is 15.1. The van der Waals surface area contributed by atoms with Crippen LogP contribution in [0.4, 0.5) is 11.4 Å². The van der Waals surface area contributed by atoms with Crippen LogP contribution in [0.3, 0.4) is 0 Å². The minimum atomic E-state index is 1.21. The van der Waals surface area contributed by atoms with Gasteiger partial charge in [-0.15, -0.1) is 0 Å². The molecule has 0 fully saturated rings. The van der Waals surface area contributed by atoms with Crippen LogP contribution in [0.25, 0.3) is 0 Å². The Morgan fingerprint density at radius 1 is 0.625 bits per heavy atom. The minimum absolute atomic E-state index is 1.21. The second-order valence-corrected chi connectivity index (χ2v) is 3.23. The van der Waals surface area contributed by atoms with E-state index in [1.807, 2.05) is 26.0 Å². The number of benzene rings is 2. The summed E-state index contributed by atoms with van der Waals surface area (Å²) in [6.07, 6.45) is 0. The van der Waals surface area contributed by atoms with Gasteiger partial charge < -0.3 is 4.90 Å². The van der Waals surface area contributed by atoms with Gasteiger partial charge in [0.15, 0.2) is 0 Å². The monoisotopic (exact) mass is 213 g/mol. The maximum atomic E-state index is 2.17. The van der Waals surface area contributed by atoms with Crippen LogP contribution in [0.15, 0.2) is 60.7 Å². The Kier molecular flexibility index (Phi) is 5.13. The number of hydrogen-bond acceptors (Lipinski definition) is 1. The first kappa shape index (κ1) is 12.3. The van der Waals surface area contributed by atoms with Crippen LogP contribution in [-0.4, -0.2) is 7.05 Å². The standard InChI is InChI=1S/C13H13N.C2H6/c1-14(12-8-4-2-5-9-12)13-10-6-3-7-11-13;1-2/h2-11H,1H3;1-2H3. The number of hydrogen-bond donors (Lipinski definition) is 0. The summed E-state index contributed by atoms with van der Waals surface area (Å²) >= 11 is 0. The molecule has 0 unspecified atom stereocenters. The summed E-state index contributed by atoms with van der Waals surface area (Å²) in [5.41, 5.74) is 2.41. The van der Waals surface area contributed by atoms with E-state index in [1.165, 1.54) is 11.4 Å². The molecular weight excluding hydrogens is 194 g/mol. The zero-order valence-corrected chi connectivity index (χ0v) is 10.2. The summed E-state index contributed by atoms with van der Waals surface area (Å²) in [5, 5.41) is 0. The molecule has 0 saturated heterocycles. The van der Waals surface area contributed by atoms with E-state index in [1.54, 1.807) is 0 Å².